The first-order valence-corrected chi connectivity index (χ1v) is 13.3. The van der Waals surface area contributed by atoms with Crippen molar-refractivity contribution in [3.05, 3.63) is 30.3 Å². The molecule has 2 aliphatic rings. The molecule has 1 aromatic carbocycles. The number of para-hydroxylation sites is 1. The number of sulfonamides is 1. The summed E-state index contributed by atoms with van der Waals surface area (Å²) in [5, 5.41) is 6.75. The summed E-state index contributed by atoms with van der Waals surface area (Å²) in [4.78, 5) is 6.94. The lowest BCUT2D eigenvalue weighted by Crippen LogP contribution is -2.49. The number of rotatable bonds is 7. The van der Waals surface area contributed by atoms with Crippen LogP contribution < -0.4 is 15.5 Å². The van der Waals surface area contributed by atoms with Crippen LogP contribution in [0.15, 0.2) is 35.3 Å². The van der Waals surface area contributed by atoms with Crippen molar-refractivity contribution >= 4 is 57.4 Å². The molecule has 170 valence electrons. The topological polar surface area (TPSA) is 77.0 Å². The van der Waals surface area contributed by atoms with E-state index in [1.54, 1.807) is 4.31 Å². The monoisotopic (exact) mass is 567 g/mol. The maximum atomic E-state index is 12.5. The molecule has 0 unspecified atom stereocenters. The average molecular weight is 568 g/mol. The van der Waals surface area contributed by atoms with E-state index < -0.39 is 10.0 Å². The van der Waals surface area contributed by atoms with Gasteiger partial charge in [-0.05, 0) is 31.9 Å². The molecule has 2 N–H and O–H groups in total. The standard InChI is InChI=1S/C20H33N5O2S2.HI/c1-2-21-20(22-10-17-29(26,27)25-13-15-28-16-14-25)23-18-8-11-24(12-9-18)19-6-4-3-5-7-19;/h3-7,18H,2,8-17H2,1H3,(H2,21,22,23);1H. The lowest BCUT2D eigenvalue weighted by atomic mass is 10.0. The van der Waals surface area contributed by atoms with E-state index in [9.17, 15) is 8.42 Å². The molecule has 0 saturated carbocycles. The fourth-order valence-electron chi connectivity index (χ4n) is 3.66. The minimum atomic E-state index is -3.21. The molecule has 10 heteroatoms. The van der Waals surface area contributed by atoms with E-state index in [0.717, 1.165) is 49.9 Å². The molecular weight excluding hydrogens is 533 g/mol. The number of aliphatic imine (C=N–C) groups is 1. The van der Waals surface area contributed by atoms with Crippen LogP contribution in [-0.4, -0.2) is 81.3 Å². The third-order valence-electron chi connectivity index (χ3n) is 5.28. The molecule has 0 amide bonds. The van der Waals surface area contributed by atoms with Gasteiger partial charge in [-0.2, -0.15) is 11.8 Å². The molecule has 2 heterocycles. The first-order chi connectivity index (χ1) is 14.1. The molecule has 0 aliphatic carbocycles. The minimum absolute atomic E-state index is 0. The van der Waals surface area contributed by atoms with Gasteiger partial charge in [0.15, 0.2) is 5.96 Å². The van der Waals surface area contributed by atoms with E-state index in [0.29, 0.717) is 19.1 Å². The summed E-state index contributed by atoms with van der Waals surface area (Å²) in [6.45, 7) is 6.31. The van der Waals surface area contributed by atoms with Gasteiger partial charge >= 0.3 is 0 Å². The van der Waals surface area contributed by atoms with Gasteiger partial charge in [-0.1, -0.05) is 18.2 Å². The number of nitrogens with zero attached hydrogens (tertiary/aromatic N) is 3. The normalized spacial score (nSPS) is 19.2. The van der Waals surface area contributed by atoms with Crippen molar-refractivity contribution in [2.45, 2.75) is 25.8 Å². The Labute approximate surface area is 202 Å². The maximum Gasteiger partial charge on any atom is 0.215 e. The zero-order chi connectivity index (χ0) is 20.5. The summed E-state index contributed by atoms with van der Waals surface area (Å²) in [6.07, 6.45) is 2.06. The van der Waals surface area contributed by atoms with Crippen molar-refractivity contribution in [3.63, 3.8) is 0 Å². The van der Waals surface area contributed by atoms with Crippen LogP contribution in [0, 0.1) is 0 Å². The fraction of sp³-hybridized carbons (Fsp3) is 0.650. The Balaban J connectivity index is 0.00000320. The molecule has 1 aromatic rings. The number of hydrogen-bond donors (Lipinski definition) is 2. The van der Waals surface area contributed by atoms with Gasteiger partial charge < -0.3 is 15.5 Å². The maximum absolute atomic E-state index is 12.5. The summed E-state index contributed by atoms with van der Waals surface area (Å²) >= 11 is 1.81. The van der Waals surface area contributed by atoms with E-state index in [1.165, 1.54) is 5.69 Å². The van der Waals surface area contributed by atoms with Crippen molar-refractivity contribution in [3.8, 4) is 0 Å². The molecule has 0 aromatic heterocycles. The fourth-order valence-corrected chi connectivity index (χ4v) is 6.11. The van der Waals surface area contributed by atoms with Gasteiger partial charge in [0.1, 0.15) is 0 Å². The van der Waals surface area contributed by atoms with E-state index in [4.69, 9.17) is 0 Å². The molecule has 0 atom stereocenters. The number of guanidine groups is 1. The number of anilines is 1. The first-order valence-electron chi connectivity index (χ1n) is 10.5. The van der Waals surface area contributed by atoms with Crippen LogP contribution >= 0.6 is 35.7 Å². The minimum Gasteiger partial charge on any atom is -0.371 e. The number of hydrogen-bond acceptors (Lipinski definition) is 5. The van der Waals surface area contributed by atoms with Gasteiger partial charge in [0, 0.05) is 56.0 Å². The smallest absolute Gasteiger partial charge is 0.215 e. The second-order valence-corrected chi connectivity index (χ2v) is 10.6. The summed E-state index contributed by atoms with van der Waals surface area (Å²) < 4.78 is 26.6. The van der Waals surface area contributed by atoms with Crippen molar-refractivity contribution in [2.75, 3.05) is 61.4 Å². The molecule has 2 fully saturated rings. The van der Waals surface area contributed by atoms with Gasteiger partial charge in [0.2, 0.25) is 10.0 Å². The van der Waals surface area contributed by atoms with Crippen molar-refractivity contribution in [1.82, 2.24) is 14.9 Å². The number of halogens is 1. The summed E-state index contributed by atoms with van der Waals surface area (Å²) in [5.41, 5.74) is 1.27. The molecule has 0 radical (unpaired) electrons. The Morgan fingerprint density at radius 1 is 1.13 bits per heavy atom. The Morgan fingerprint density at radius 3 is 2.43 bits per heavy atom. The van der Waals surface area contributed by atoms with Crippen molar-refractivity contribution in [2.24, 2.45) is 4.99 Å². The number of thioether (sulfide) groups is 1. The quantitative estimate of drug-likeness (QED) is 0.299. The second kappa shape index (κ2) is 13.0. The number of nitrogens with one attached hydrogen (secondary N) is 2. The molecule has 0 spiro atoms. The van der Waals surface area contributed by atoms with E-state index in [-0.39, 0.29) is 36.3 Å². The third kappa shape index (κ3) is 7.76. The number of benzene rings is 1. The van der Waals surface area contributed by atoms with Gasteiger partial charge in [-0.15, -0.1) is 24.0 Å². The lowest BCUT2D eigenvalue weighted by Gasteiger charge is -2.34. The Bertz CT molecular complexity index is 750. The largest absolute Gasteiger partial charge is 0.371 e. The Hall–Kier alpha value is -0.720. The van der Waals surface area contributed by atoms with Crippen LogP contribution in [0.25, 0.3) is 0 Å². The molecule has 3 rings (SSSR count). The number of piperidine rings is 1. The van der Waals surface area contributed by atoms with Gasteiger partial charge in [0.25, 0.3) is 0 Å². The summed E-state index contributed by atoms with van der Waals surface area (Å²) in [6, 6.07) is 10.9. The van der Waals surface area contributed by atoms with E-state index in [2.05, 4.69) is 44.8 Å². The zero-order valence-electron chi connectivity index (χ0n) is 17.6. The van der Waals surface area contributed by atoms with Crippen molar-refractivity contribution in [1.29, 1.82) is 0 Å². The molecule has 0 bridgehead atoms. The van der Waals surface area contributed by atoms with E-state index in [1.807, 2.05) is 24.8 Å². The Kier molecular flexibility index (Phi) is 11.0. The van der Waals surface area contributed by atoms with Crippen LogP contribution in [0.3, 0.4) is 0 Å². The van der Waals surface area contributed by atoms with Crippen LogP contribution in [0.5, 0.6) is 0 Å². The molecule has 2 aliphatic heterocycles. The van der Waals surface area contributed by atoms with Gasteiger partial charge in [-0.25, -0.2) is 12.7 Å². The first kappa shape index (κ1) is 25.5. The average Bonchev–Trinajstić information content (AvgIpc) is 2.75. The molecule has 7 nitrogen and oxygen atoms in total. The predicted molar refractivity (Wildman–Crippen MR) is 139 cm³/mol. The van der Waals surface area contributed by atoms with Crippen LogP contribution in [0.1, 0.15) is 19.8 Å². The van der Waals surface area contributed by atoms with Crippen LogP contribution in [0.2, 0.25) is 0 Å². The van der Waals surface area contributed by atoms with Crippen LogP contribution in [0.4, 0.5) is 5.69 Å². The lowest BCUT2D eigenvalue weighted by molar-refractivity contribution is 0.443. The highest BCUT2D eigenvalue weighted by Gasteiger charge is 2.24. The van der Waals surface area contributed by atoms with Gasteiger partial charge in [0.05, 0.1) is 12.3 Å². The van der Waals surface area contributed by atoms with E-state index >= 15 is 0 Å². The predicted octanol–water partition coefficient (Wildman–Crippen LogP) is 2.21. The Morgan fingerprint density at radius 2 is 1.80 bits per heavy atom. The van der Waals surface area contributed by atoms with Gasteiger partial charge in [-0.3, -0.25) is 4.99 Å². The second-order valence-electron chi connectivity index (χ2n) is 7.33. The SMILES string of the molecule is CCNC(=NCCS(=O)(=O)N1CCSCC1)NC1CCN(c2ccccc2)CC1.I. The third-order valence-corrected chi connectivity index (χ3v) is 8.08. The highest BCUT2D eigenvalue weighted by molar-refractivity contribution is 14.0. The van der Waals surface area contributed by atoms with Crippen LogP contribution in [-0.2, 0) is 10.0 Å². The summed E-state index contributed by atoms with van der Waals surface area (Å²) in [7, 11) is -3.21. The highest BCUT2D eigenvalue weighted by Crippen LogP contribution is 2.19. The zero-order valence-corrected chi connectivity index (χ0v) is 21.6. The molecule has 2 saturated heterocycles. The molecule has 30 heavy (non-hydrogen) atoms. The molecular formula is C20H34IN5O2S2. The van der Waals surface area contributed by atoms with Crippen molar-refractivity contribution < 1.29 is 8.42 Å². The highest BCUT2D eigenvalue weighted by atomic mass is 127. The summed E-state index contributed by atoms with van der Waals surface area (Å²) in [5.74, 6) is 2.55.